The van der Waals surface area contributed by atoms with E-state index in [1.807, 2.05) is 27.7 Å². The van der Waals surface area contributed by atoms with Crippen molar-refractivity contribution < 1.29 is 39.3 Å². The van der Waals surface area contributed by atoms with E-state index in [-0.39, 0.29) is 44.2 Å². The first-order valence-electron chi connectivity index (χ1n) is 4.69. The molecule has 5 heteroatoms. The van der Waals surface area contributed by atoms with Crippen molar-refractivity contribution in [2.45, 2.75) is 40.5 Å². The molecule has 0 aromatic carbocycles. The predicted octanol–water partition coefficient (Wildman–Crippen LogP) is 2.23. The molecule has 0 aromatic rings. The van der Waals surface area contributed by atoms with Gasteiger partial charge < -0.3 is 10.2 Å². The smallest absolute Gasteiger partial charge is 0.303 e. The standard InChI is InChI=1S/2C5H10O2.Zn/c2*1-4(2)3-5(6)7;/h2*4H,3H2,1-2H3,(H,6,7);. The molecular formula is C10H20O4Zn. The van der Waals surface area contributed by atoms with Gasteiger partial charge in [0.2, 0.25) is 0 Å². The molecule has 0 aliphatic carbocycles. The fraction of sp³-hybridized carbons (Fsp3) is 0.800. The van der Waals surface area contributed by atoms with Gasteiger partial charge in [0, 0.05) is 32.3 Å². The van der Waals surface area contributed by atoms with E-state index in [0.717, 1.165) is 0 Å². The minimum atomic E-state index is -0.713. The second-order valence-electron chi connectivity index (χ2n) is 3.98. The number of hydrogen-bond donors (Lipinski definition) is 2. The van der Waals surface area contributed by atoms with Gasteiger partial charge in [-0.15, -0.1) is 0 Å². The van der Waals surface area contributed by atoms with Crippen LogP contribution < -0.4 is 0 Å². The summed E-state index contributed by atoms with van der Waals surface area (Å²) in [5.74, 6) is -0.875. The average Bonchev–Trinajstić information content (AvgIpc) is 1.79. The van der Waals surface area contributed by atoms with Crippen molar-refractivity contribution in [2.24, 2.45) is 11.8 Å². The van der Waals surface area contributed by atoms with Gasteiger partial charge in [-0.25, -0.2) is 0 Å². The van der Waals surface area contributed by atoms with Crippen LogP contribution in [0.4, 0.5) is 0 Å². The van der Waals surface area contributed by atoms with Gasteiger partial charge in [-0.2, -0.15) is 0 Å². The van der Waals surface area contributed by atoms with Crippen LogP contribution in [0.15, 0.2) is 0 Å². The van der Waals surface area contributed by atoms with E-state index >= 15 is 0 Å². The molecule has 0 aromatic heterocycles. The molecule has 0 saturated heterocycles. The molecule has 0 heterocycles. The molecule has 0 bridgehead atoms. The van der Waals surface area contributed by atoms with Crippen molar-refractivity contribution in [1.82, 2.24) is 0 Å². The number of carbonyl (C=O) groups is 2. The predicted molar refractivity (Wildman–Crippen MR) is 54.2 cm³/mol. The van der Waals surface area contributed by atoms with Gasteiger partial charge in [0.15, 0.2) is 0 Å². The zero-order valence-corrected chi connectivity index (χ0v) is 13.0. The van der Waals surface area contributed by atoms with Crippen molar-refractivity contribution in [1.29, 1.82) is 0 Å². The van der Waals surface area contributed by atoms with Crippen molar-refractivity contribution in [2.75, 3.05) is 0 Å². The van der Waals surface area contributed by atoms with Gasteiger partial charge in [-0.05, 0) is 11.8 Å². The summed E-state index contributed by atoms with van der Waals surface area (Å²) in [6.45, 7) is 7.53. The number of rotatable bonds is 4. The van der Waals surface area contributed by atoms with E-state index in [1.165, 1.54) is 0 Å². The first-order chi connectivity index (χ1) is 6.25. The summed E-state index contributed by atoms with van der Waals surface area (Å²) in [5.41, 5.74) is 0. The largest absolute Gasteiger partial charge is 0.481 e. The fourth-order valence-corrected chi connectivity index (χ4v) is 0.698. The Labute approximate surface area is 104 Å². The second-order valence-corrected chi connectivity index (χ2v) is 3.98. The molecule has 0 radical (unpaired) electrons. The monoisotopic (exact) mass is 268 g/mol. The minimum absolute atomic E-state index is 0. The van der Waals surface area contributed by atoms with Crippen LogP contribution in [0, 0.1) is 11.8 Å². The number of carboxylic acid groups (broad SMARTS) is 2. The Kier molecular flexibility index (Phi) is 15.5. The Hall–Kier alpha value is -0.437. The number of carboxylic acids is 2. The molecule has 0 spiro atoms. The molecule has 0 saturated carbocycles. The maximum absolute atomic E-state index is 9.81. The third kappa shape index (κ3) is 31.7. The third-order valence-corrected chi connectivity index (χ3v) is 1.17. The van der Waals surface area contributed by atoms with Crippen molar-refractivity contribution in [3.8, 4) is 0 Å². The number of hydrogen-bond acceptors (Lipinski definition) is 2. The van der Waals surface area contributed by atoms with Crippen molar-refractivity contribution in [3.05, 3.63) is 0 Å². The van der Waals surface area contributed by atoms with Gasteiger partial charge in [-0.3, -0.25) is 9.59 Å². The van der Waals surface area contributed by atoms with Gasteiger partial charge >= 0.3 is 11.9 Å². The van der Waals surface area contributed by atoms with Crippen LogP contribution >= 0.6 is 0 Å². The van der Waals surface area contributed by atoms with Crippen LogP contribution in [-0.4, -0.2) is 22.2 Å². The zero-order valence-electron chi connectivity index (χ0n) is 9.99. The van der Waals surface area contributed by atoms with E-state index in [1.54, 1.807) is 0 Å². The minimum Gasteiger partial charge on any atom is -0.481 e. The van der Waals surface area contributed by atoms with Gasteiger partial charge in [0.05, 0.1) is 0 Å². The molecule has 0 amide bonds. The first-order valence-corrected chi connectivity index (χ1v) is 4.69. The Bertz CT molecular complexity index is 158. The van der Waals surface area contributed by atoms with E-state index < -0.39 is 11.9 Å². The molecule has 0 aliphatic heterocycles. The summed E-state index contributed by atoms with van der Waals surface area (Å²) in [5, 5.41) is 16.2. The van der Waals surface area contributed by atoms with Crippen LogP contribution in [0.1, 0.15) is 40.5 Å². The summed E-state index contributed by atoms with van der Waals surface area (Å²) >= 11 is 0. The maximum Gasteiger partial charge on any atom is 0.303 e. The van der Waals surface area contributed by atoms with E-state index in [9.17, 15) is 9.59 Å². The van der Waals surface area contributed by atoms with Crippen molar-refractivity contribution in [3.63, 3.8) is 0 Å². The van der Waals surface area contributed by atoms with E-state index in [0.29, 0.717) is 0 Å². The van der Waals surface area contributed by atoms with Crippen LogP contribution in [0.25, 0.3) is 0 Å². The average molecular weight is 270 g/mol. The molecule has 86 valence electrons. The Balaban J connectivity index is -0.000000180. The molecular weight excluding hydrogens is 249 g/mol. The van der Waals surface area contributed by atoms with E-state index in [4.69, 9.17) is 10.2 Å². The van der Waals surface area contributed by atoms with Gasteiger partial charge in [0.25, 0.3) is 0 Å². The third-order valence-electron chi connectivity index (χ3n) is 1.17. The molecule has 15 heavy (non-hydrogen) atoms. The molecule has 0 fully saturated rings. The van der Waals surface area contributed by atoms with Crippen molar-refractivity contribution >= 4 is 11.9 Å². The zero-order chi connectivity index (χ0) is 11.7. The van der Waals surface area contributed by atoms with Crippen LogP contribution in [0.3, 0.4) is 0 Å². The summed E-state index contributed by atoms with van der Waals surface area (Å²) in [4.78, 5) is 19.6. The van der Waals surface area contributed by atoms with Crippen LogP contribution in [0.2, 0.25) is 0 Å². The summed E-state index contributed by atoms with van der Waals surface area (Å²) in [6.07, 6.45) is 0.556. The Morgan fingerprint density at radius 3 is 1.07 bits per heavy atom. The Morgan fingerprint density at radius 1 is 0.867 bits per heavy atom. The van der Waals surface area contributed by atoms with Crippen LogP contribution in [-0.2, 0) is 29.1 Å². The first kappa shape index (κ1) is 20.0. The molecule has 0 aliphatic rings. The maximum atomic E-state index is 9.81. The topological polar surface area (TPSA) is 74.6 Å². The summed E-state index contributed by atoms with van der Waals surface area (Å²) in [6, 6.07) is 0. The molecule has 0 rings (SSSR count). The molecule has 2 N–H and O–H groups in total. The normalized spacial score (nSPS) is 8.93. The fourth-order valence-electron chi connectivity index (χ4n) is 0.698. The quantitative estimate of drug-likeness (QED) is 0.768. The summed E-state index contributed by atoms with van der Waals surface area (Å²) < 4.78 is 0. The number of aliphatic carboxylic acids is 2. The second kappa shape index (κ2) is 11.6. The SMILES string of the molecule is CC(C)CC(=O)O.CC(C)CC(=O)O.[Zn]. The van der Waals surface area contributed by atoms with E-state index in [2.05, 4.69) is 0 Å². The Morgan fingerprint density at radius 2 is 1.07 bits per heavy atom. The summed E-state index contributed by atoms with van der Waals surface area (Å²) in [7, 11) is 0. The molecule has 4 nitrogen and oxygen atoms in total. The van der Waals surface area contributed by atoms with Crippen LogP contribution in [0.5, 0.6) is 0 Å². The van der Waals surface area contributed by atoms with Gasteiger partial charge in [0.1, 0.15) is 0 Å². The van der Waals surface area contributed by atoms with Gasteiger partial charge in [-0.1, -0.05) is 27.7 Å². The molecule has 0 unspecified atom stereocenters. The molecule has 0 atom stereocenters.